The molecule has 0 atom stereocenters. The Labute approximate surface area is 65.1 Å². The molecule has 0 unspecified atom stereocenters. The molecule has 0 spiro atoms. The highest BCUT2D eigenvalue weighted by atomic mass is 16.5. The van der Waals surface area contributed by atoms with E-state index in [1.54, 1.807) is 31.4 Å². The van der Waals surface area contributed by atoms with Gasteiger partial charge in [-0.1, -0.05) is 0 Å². The monoisotopic (exact) mass is 151 g/mol. The Morgan fingerprint density at radius 2 is 1.73 bits per heavy atom. The van der Waals surface area contributed by atoms with Crippen LogP contribution in [0, 0.1) is 5.41 Å². The lowest BCUT2D eigenvalue weighted by molar-refractivity contribution is 0.414. The van der Waals surface area contributed by atoms with E-state index in [-0.39, 0.29) is 0 Å². The summed E-state index contributed by atoms with van der Waals surface area (Å²) in [5, 5.41) is 6.66. The van der Waals surface area contributed by atoms with Gasteiger partial charge in [-0.05, 0) is 24.3 Å². The topological polar surface area (TPSA) is 42.3 Å². The minimum Gasteiger partial charge on any atom is -0.497 e. The molecule has 3 nitrogen and oxygen atoms in total. The molecule has 0 fully saturated rings. The van der Waals surface area contributed by atoms with Gasteiger partial charge >= 0.3 is 0 Å². The lowest BCUT2D eigenvalue weighted by atomic mass is 10.3. The first-order valence-corrected chi connectivity index (χ1v) is 3.16. The Morgan fingerprint density at radius 1 is 1.18 bits per heavy atom. The van der Waals surface area contributed by atoms with E-state index >= 15 is 0 Å². The van der Waals surface area contributed by atoms with Gasteiger partial charge in [-0.2, -0.15) is 0 Å². The van der Waals surface area contributed by atoms with Crippen molar-refractivity contribution in [3.05, 3.63) is 24.3 Å². The van der Waals surface area contributed by atoms with Crippen molar-refractivity contribution in [3.63, 3.8) is 0 Å². The molecule has 0 saturated heterocycles. The average molecular weight is 151 g/mol. The maximum atomic E-state index is 6.66. The van der Waals surface area contributed by atoms with Crippen molar-refractivity contribution in [1.82, 2.24) is 0 Å². The lowest BCUT2D eigenvalue weighted by Gasteiger charge is -2.00. The fourth-order valence-corrected chi connectivity index (χ4v) is 0.722. The van der Waals surface area contributed by atoms with Crippen molar-refractivity contribution < 1.29 is 9.47 Å². The molecule has 58 valence electrons. The third kappa shape index (κ3) is 1.97. The van der Waals surface area contributed by atoms with Gasteiger partial charge in [0.1, 0.15) is 11.5 Å². The molecule has 0 radical (unpaired) electrons. The molecule has 1 N–H and O–H groups in total. The molecule has 1 aromatic carbocycles. The molecule has 3 heteroatoms. The molecule has 1 aromatic rings. The van der Waals surface area contributed by atoms with E-state index in [9.17, 15) is 0 Å². The van der Waals surface area contributed by atoms with E-state index in [0.29, 0.717) is 5.75 Å². The number of hydrogen-bond acceptors (Lipinski definition) is 3. The molecule has 0 heterocycles. The molecule has 0 amide bonds. The number of hydrogen-bond donors (Lipinski definition) is 1. The maximum absolute atomic E-state index is 6.66. The Bertz CT molecular complexity index is 230. The van der Waals surface area contributed by atoms with Crippen LogP contribution in [0.3, 0.4) is 0 Å². The lowest BCUT2D eigenvalue weighted by Crippen LogP contribution is -1.87. The summed E-state index contributed by atoms with van der Waals surface area (Å²) in [7, 11) is 1.60. The van der Waals surface area contributed by atoms with Gasteiger partial charge in [0.25, 0.3) is 0 Å². The van der Waals surface area contributed by atoms with Crippen LogP contribution >= 0.6 is 0 Å². The summed E-state index contributed by atoms with van der Waals surface area (Å²) >= 11 is 0. The quantitative estimate of drug-likeness (QED) is 0.527. The molecule has 0 aliphatic rings. The second-order valence-electron chi connectivity index (χ2n) is 1.91. The zero-order valence-electron chi connectivity index (χ0n) is 6.20. The minimum absolute atomic E-state index is 0.640. The van der Waals surface area contributed by atoms with Crippen molar-refractivity contribution in [2.24, 2.45) is 0 Å². The van der Waals surface area contributed by atoms with Crippen molar-refractivity contribution in [2.45, 2.75) is 0 Å². The highest BCUT2D eigenvalue weighted by molar-refractivity contribution is 5.48. The number of nitrogens with one attached hydrogen (secondary N) is 1. The van der Waals surface area contributed by atoms with Crippen LogP contribution in [0.5, 0.6) is 11.5 Å². The van der Waals surface area contributed by atoms with E-state index in [1.165, 1.54) is 0 Å². The van der Waals surface area contributed by atoms with E-state index in [0.717, 1.165) is 12.2 Å². The Balaban J connectivity index is 2.74. The fraction of sp³-hybridized carbons (Fsp3) is 0.125. The van der Waals surface area contributed by atoms with E-state index in [1.807, 2.05) is 0 Å². The summed E-state index contributed by atoms with van der Waals surface area (Å²) in [5.41, 5.74) is 0. The Hall–Kier alpha value is -1.51. The predicted octanol–water partition coefficient (Wildman–Crippen LogP) is 1.68. The van der Waals surface area contributed by atoms with Gasteiger partial charge < -0.3 is 9.47 Å². The van der Waals surface area contributed by atoms with Gasteiger partial charge in [0.2, 0.25) is 0 Å². The summed E-state index contributed by atoms with van der Waals surface area (Å²) < 4.78 is 9.73. The first kappa shape index (κ1) is 7.60. The fourth-order valence-electron chi connectivity index (χ4n) is 0.722. The number of methoxy groups -OCH3 is 1. The maximum Gasteiger partial charge on any atom is 0.173 e. The second kappa shape index (κ2) is 3.61. The van der Waals surface area contributed by atoms with Crippen LogP contribution in [-0.2, 0) is 0 Å². The van der Waals surface area contributed by atoms with Crippen LogP contribution in [-0.4, -0.2) is 13.5 Å². The predicted molar refractivity (Wildman–Crippen MR) is 42.4 cm³/mol. The molecular weight excluding hydrogens is 142 g/mol. The molecule has 11 heavy (non-hydrogen) atoms. The highest BCUT2D eigenvalue weighted by Crippen LogP contribution is 2.15. The van der Waals surface area contributed by atoms with E-state index < -0.39 is 0 Å². The van der Waals surface area contributed by atoms with Crippen LogP contribution in [0.2, 0.25) is 0 Å². The van der Waals surface area contributed by atoms with Gasteiger partial charge in [0.15, 0.2) is 6.40 Å². The van der Waals surface area contributed by atoms with Gasteiger partial charge in [-0.25, -0.2) is 0 Å². The summed E-state index contributed by atoms with van der Waals surface area (Å²) in [4.78, 5) is 0. The molecule has 0 saturated carbocycles. The normalized spacial score (nSPS) is 8.82. The van der Waals surface area contributed by atoms with Crippen LogP contribution in [0.4, 0.5) is 0 Å². The van der Waals surface area contributed by atoms with Gasteiger partial charge in [0, 0.05) is 0 Å². The molecule has 0 aliphatic carbocycles. The van der Waals surface area contributed by atoms with Crippen molar-refractivity contribution >= 4 is 6.40 Å². The van der Waals surface area contributed by atoms with Crippen LogP contribution in [0.25, 0.3) is 0 Å². The van der Waals surface area contributed by atoms with Gasteiger partial charge in [-0.3, -0.25) is 5.41 Å². The molecule has 0 bridgehead atoms. The number of benzene rings is 1. The molecule has 0 aliphatic heterocycles. The minimum atomic E-state index is 0.640. The standard InChI is InChI=1S/C8H9NO2/c1-10-7-2-4-8(5-3-7)11-6-9/h2-6,9H,1H3. The average Bonchev–Trinajstić information content (AvgIpc) is 2.07. The van der Waals surface area contributed by atoms with Crippen molar-refractivity contribution in [1.29, 1.82) is 5.41 Å². The zero-order chi connectivity index (χ0) is 8.10. The third-order valence-electron chi connectivity index (χ3n) is 1.25. The van der Waals surface area contributed by atoms with Crippen LogP contribution < -0.4 is 9.47 Å². The summed E-state index contributed by atoms with van der Waals surface area (Å²) in [6.45, 7) is 0. The Morgan fingerprint density at radius 3 is 2.18 bits per heavy atom. The highest BCUT2D eigenvalue weighted by Gasteiger charge is 1.91. The number of rotatable bonds is 3. The smallest absolute Gasteiger partial charge is 0.173 e. The third-order valence-corrected chi connectivity index (χ3v) is 1.25. The first-order chi connectivity index (χ1) is 5.36. The van der Waals surface area contributed by atoms with E-state index in [2.05, 4.69) is 0 Å². The van der Waals surface area contributed by atoms with Gasteiger partial charge in [0.05, 0.1) is 7.11 Å². The van der Waals surface area contributed by atoms with Gasteiger partial charge in [-0.15, -0.1) is 0 Å². The zero-order valence-corrected chi connectivity index (χ0v) is 6.20. The molecular formula is C8H9NO2. The summed E-state index contributed by atoms with van der Waals surface area (Å²) in [6, 6.07) is 7.03. The first-order valence-electron chi connectivity index (χ1n) is 3.16. The van der Waals surface area contributed by atoms with E-state index in [4.69, 9.17) is 14.9 Å². The van der Waals surface area contributed by atoms with Crippen LogP contribution in [0.1, 0.15) is 0 Å². The van der Waals surface area contributed by atoms with Crippen molar-refractivity contribution in [3.8, 4) is 11.5 Å². The summed E-state index contributed by atoms with van der Waals surface area (Å²) in [6.07, 6.45) is 0.891. The SMILES string of the molecule is COc1ccc(OC=N)cc1. The largest absolute Gasteiger partial charge is 0.497 e. The molecule has 0 aromatic heterocycles. The second-order valence-corrected chi connectivity index (χ2v) is 1.91. The molecule has 1 rings (SSSR count). The summed E-state index contributed by atoms with van der Waals surface area (Å²) in [5.74, 6) is 1.42. The Kier molecular flexibility index (Phi) is 2.49. The number of ether oxygens (including phenoxy) is 2. The van der Waals surface area contributed by atoms with Crippen molar-refractivity contribution in [2.75, 3.05) is 7.11 Å². The van der Waals surface area contributed by atoms with Crippen LogP contribution in [0.15, 0.2) is 24.3 Å².